The Bertz CT molecular complexity index is 545. The first-order valence-corrected chi connectivity index (χ1v) is 6.83. The van der Waals surface area contributed by atoms with Crippen molar-refractivity contribution in [2.45, 2.75) is 33.2 Å². The average Bonchev–Trinajstić information content (AvgIpc) is 2.77. The van der Waals surface area contributed by atoms with Crippen molar-refractivity contribution in [3.05, 3.63) is 30.6 Å². The van der Waals surface area contributed by atoms with Crippen molar-refractivity contribution in [1.29, 1.82) is 0 Å². The van der Waals surface area contributed by atoms with Crippen LogP contribution in [0.4, 0.5) is 0 Å². The Morgan fingerprint density at radius 2 is 2.16 bits per heavy atom. The zero-order chi connectivity index (χ0) is 13.7. The van der Waals surface area contributed by atoms with Crippen LogP contribution >= 0.6 is 0 Å². The number of carbonyl (C=O) groups is 1. The minimum absolute atomic E-state index is 0.144. The fourth-order valence-corrected chi connectivity index (χ4v) is 2.11. The fourth-order valence-electron chi connectivity index (χ4n) is 2.11. The van der Waals surface area contributed by atoms with Crippen LogP contribution in [0.3, 0.4) is 0 Å². The molecule has 102 valence electrons. The summed E-state index contributed by atoms with van der Waals surface area (Å²) in [5, 5.41) is 2.95. The lowest BCUT2D eigenvalue weighted by Crippen LogP contribution is -2.26. The first kappa shape index (κ1) is 13.6. The first-order chi connectivity index (χ1) is 9.16. The lowest BCUT2D eigenvalue weighted by molar-refractivity contribution is -0.121. The van der Waals surface area contributed by atoms with E-state index in [2.05, 4.69) is 34.8 Å². The maximum absolute atomic E-state index is 11.5. The molecular formula is C15H21N3O. The fraction of sp³-hybridized carbons (Fsp3) is 0.467. The van der Waals surface area contributed by atoms with Crippen molar-refractivity contribution in [2.75, 3.05) is 6.54 Å². The van der Waals surface area contributed by atoms with Gasteiger partial charge >= 0.3 is 0 Å². The Hall–Kier alpha value is -1.84. The van der Waals surface area contributed by atoms with Gasteiger partial charge in [0.05, 0.1) is 17.4 Å². The van der Waals surface area contributed by atoms with Crippen molar-refractivity contribution < 1.29 is 4.79 Å². The summed E-state index contributed by atoms with van der Waals surface area (Å²) in [7, 11) is 0. The molecular weight excluding hydrogens is 238 g/mol. The predicted octanol–water partition coefficient (Wildman–Crippen LogP) is 2.59. The second-order valence-corrected chi connectivity index (χ2v) is 5.23. The molecule has 0 atom stereocenters. The van der Waals surface area contributed by atoms with Crippen LogP contribution in [-0.4, -0.2) is 22.0 Å². The van der Waals surface area contributed by atoms with Crippen molar-refractivity contribution in [3.8, 4) is 0 Å². The monoisotopic (exact) mass is 259 g/mol. The molecule has 0 spiro atoms. The van der Waals surface area contributed by atoms with E-state index in [0.29, 0.717) is 12.3 Å². The zero-order valence-corrected chi connectivity index (χ0v) is 11.6. The van der Waals surface area contributed by atoms with E-state index in [4.69, 9.17) is 0 Å². The summed E-state index contributed by atoms with van der Waals surface area (Å²) in [4.78, 5) is 15.8. The molecule has 4 heteroatoms. The molecule has 0 saturated carbocycles. The van der Waals surface area contributed by atoms with Crippen LogP contribution in [0, 0.1) is 5.92 Å². The number of rotatable bonds is 6. The lowest BCUT2D eigenvalue weighted by Gasteiger charge is -2.08. The Morgan fingerprint density at radius 1 is 1.37 bits per heavy atom. The maximum atomic E-state index is 11.5. The molecule has 0 radical (unpaired) electrons. The van der Waals surface area contributed by atoms with Gasteiger partial charge in [0.2, 0.25) is 5.91 Å². The molecule has 0 saturated heterocycles. The highest BCUT2D eigenvalue weighted by Gasteiger charge is 2.04. The largest absolute Gasteiger partial charge is 0.356 e. The summed E-state index contributed by atoms with van der Waals surface area (Å²) in [6, 6.07) is 8.09. The standard InChI is InChI=1S/C15H21N3O/c1-12(2)10-15(19)16-8-5-9-18-11-17-13-6-3-4-7-14(13)18/h3-4,6-7,11-12H,5,8-10H2,1-2H3,(H,16,19). The van der Waals surface area contributed by atoms with Crippen molar-refractivity contribution in [3.63, 3.8) is 0 Å². The number of amides is 1. The number of aromatic nitrogens is 2. The van der Waals surface area contributed by atoms with E-state index in [1.807, 2.05) is 24.5 Å². The molecule has 4 nitrogen and oxygen atoms in total. The van der Waals surface area contributed by atoms with Gasteiger partial charge in [-0.25, -0.2) is 4.98 Å². The Kier molecular flexibility index (Phi) is 4.55. The quantitative estimate of drug-likeness (QED) is 0.810. The van der Waals surface area contributed by atoms with Gasteiger partial charge in [-0.1, -0.05) is 26.0 Å². The van der Waals surface area contributed by atoms with Crippen molar-refractivity contribution in [1.82, 2.24) is 14.9 Å². The smallest absolute Gasteiger partial charge is 0.220 e. The summed E-state index contributed by atoms with van der Waals surface area (Å²) in [5.74, 6) is 0.558. The Morgan fingerprint density at radius 3 is 2.95 bits per heavy atom. The molecule has 1 aromatic heterocycles. The minimum Gasteiger partial charge on any atom is -0.356 e. The third kappa shape index (κ3) is 3.81. The Balaban J connectivity index is 1.78. The molecule has 0 bridgehead atoms. The van der Waals surface area contributed by atoms with Crippen molar-refractivity contribution >= 4 is 16.9 Å². The van der Waals surface area contributed by atoms with Crippen LogP contribution < -0.4 is 5.32 Å². The molecule has 2 aromatic rings. The molecule has 19 heavy (non-hydrogen) atoms. The van der Waals surface area contributed by atoms with E-state index in [0.717, 1.165) is 30.5 Å². The van der Waals surface area contributed by atoms with E-state index in [-0.39, 0.29) is 5.91 Å². The minimum atomic E-state index is 0.144. The lowest BCUT2D eigenvalue weighted by atomic mass is 10.1. The molecule has 2 rings (SSSR count). The van der Waals surface area contributed by atoms with Crippen LogP contribution in [0.2, 0.25) is 0 Å². The van der Waals surface area contributed by atoms with Gasteiger partial charge in [0, 0.05) is 19.5 Å². The van der Waals surface area contributed by atoms with Crippen LogP contribution in [0.25, 0.3) is 11.0 Å². The molecule has 0 fully saturated rings. The number of hydrogen-bond acceptors (Lipinski definition) is 2. The topological polar surface area (TPSA) is 46.9 Å². The molecule has 1 N–H and O–H groups in total. The van der Waals surface area contributed by atoms with Gasteiger partial charge in [0.15, 0.2) is 0 Å². The molecule has 0 aliphatic rings. The predicted molar refractivity (Wildman–Crippen MR) is 76.8 cm³/mol. The number of fused-ring (bicyclic) bond motifs is 1. The Labute approximate surface area is 113 Å². The van der Waals surface area contributed by atoms with E-state index in [9.17, 15) is 4.79 Å². The number of nitrogens with one attached hydrogen (secondary N) is 1. The summed E-state index contributed by atoms with van der Waals surface area (Å²) >= 11 is 0. The van der Waals surface area contributed by atoms with Gasteiger partial charge in [-0.3, -0.25) is 4.79 Å². The van der Waals surface area contributed by atoms with Gasteiger partial charge in [-0.15, -0.1) is 0 Å². The average molecular weight is 259 g/mol. The van der Waals surface area contributed by atoms with E-state index >= 15 is 0 Å². The zero-order valence-electron chi connectivity index (χ0n) is 11.6. The highest BCUT2D eigenvalue weighted by atomic mass is 16.1. The molecule has 0 aliphatic carbocycles. The summed E-state index contributed by atoms with van der Waals surface area (Å²) in [5.41, 5.74) is 2.17. The molecule has 0 unspecified atom stereocenters. The number of benzene rings is 1. The molecule has 0 aliphatic heterocycles. The van der Waals surface area contributed by atoms with E-state index < -0.39 is 0 Å². The van der Waals surface area contributed by atoms with Crippen LogP contribution in [-0.2, 0) is 11.3 Å². The summed E-state index contributed by atoms with van der Waals surface area (Å²) < 4.78 is 2.13. The molecule has 1 heterocycles. The highest BCUT2D eigenvalue weighted by molar-refractivity contribution is 5.76. The van der Waals surface area contributed by atoms with E-state index in [1.165, 1.54) is 0 Å². The summed E-state index contributed by atoms with van der Waals surface area (Å²) in [6.45, 7) is 5.70. The number of hydrogen-bond donors (Lipinski definition) is 1. The number of imidazole rings is 1. The van der Waals surface area contributed by atoms with Crippen LogP contribution in [0.1, 0.15) is 26.7 Å². The number of aryl methyl sites for hydroxylation is 1. The van der Waals surface area contributed by atoms with Gasteiger partial charge in [0.1, 0.15) is 0 Å². The van der Waals surface area contributed by atoms with E-state index in [1.54, 1.807) is 0 Å². The molecule has 1 aromatic carbocycles. The highest BCUT2D eigenvalue weighted by Crippen LogP contribution is 2.11. The van der Waals surface area contributed by atoms with Crippen molar-refractivity contribution in [2.24, 2.45) is 5.92 Å². The summed E-state index contributed by atoms with van der Waals surface area (Å²) in [6.07, 6.45) is 3.39. The second-order valence-electron chi connectivity index (χ2n) is 5.23. The first-order valence-electron chi connectivity index (χ1n) is 6.83. The number of carbonyl (C=O) groups excluding carboxylic acids is 1. The second kappa shape index (κ2) is 6.36. The van der Waals surface area contributed by atoms with Gasteiger partial charge < -0.3 is 9.88 Å². The number of nitrogens with zero attached hydrogens (tertiary/aromatic N) is 2. The van der Waals surface area contributed by atoms with Gasteiger partial charge in [0.25, 0.3) is 0 Å². The van der Waals surface area contributed by atoms with Gasteiger partial charge in [-0.2, -0.15) is 0 Å². The number of para-hydroxylation sites is 2. The maximum Gasteiger partial charge on any atom is 0.220 e. The SMILES string of the molecule is CC(C)CC(=O)NCCCn1cnc2ccccc21. The van der Waals surface area contributed by atoms with Crippen LogP contribution in [0.15, 0.2) is 30.6 Å². The van der Waals surface area contributed by atoms with Gasteiger partial charge in [-0.05, 0) is 24.5 Å². The van der Waals surface area contributed by atoms with Crippen LogP contribution in [0.5, 0.6) is 0 Å². The molecule has 1 amide bonds. The third-order valence-corrected chi connectivity index (χ3v) is 3.02. The normalized spacial score (nSPS) is 11.1. The third-order valence-electron chi connectivity index (χ3n) is 3.02.